The fraction of sp³-hybridized carbons (Fsp3) is 0.804. The normalized spacial score (nSPS) is 38.4. The highest BCUT2D eigenvalue weighted by molar-refractivity contribution is 7.92. The Labute approximate surface area is 454 Å². The maximum absolute atomic E-state index is 14.8. The number of benzene rings is 1. The topological polar surface area (TPSA) is 219 Å². The number of likely N-dealkylation sites (N-methyl/N-ethyl adjacent to an activating group) is 1. The SMILES string of the molecule is CC[C@H]1OC(=O)[C@H](C)C(O[C@H]2C[C@@](C)(OC)C[C@H](C)O2)[C@H](C)[C@@H](O[C@H]2C[C@@H](N(C)CC/C(=C/N[C@H](CF)[C@H](OC)c3ccc(C4=CCS(=O)(=O)C4)cc3)NNC)C[C@@H](C)O2)[C@](C)(O)C[C@@H](C)CN(C)[C@H](C)[C@@H](O)[C@]1(C)O. The number of hydrogen-bond donors (Lipinski definition) is 6. The molecule has 0 saturated carbocycles. The summed E-state index contributed by atoms with van der Waals surface area (Å²) in [6.45, 7) is 18.9. The maximum Gasteiger partial charge on any atom is 0.311 e. The molecule has 0 bridgehead atoms. The molecule has 0 radical (unpaired) electrons. The van der Waals surface area contributed by atoms with Gasteiger partial charge in [-0.1, -0.05) is 51.1 Å². The van der Waals surface area contributed by atoms with E-state index in [9.17, 15) is 32.9 Å². The van der Waals surface area contributed by atoms with Crippen LogP contribution in [0.3, 0.4) is 0 Å². The number of rotatable bonds is 19. The number of hydrazine groups is 1. The molecule has 3 saturated heterocycles. The van der Waals surface area contributed by atoms with Crippen molar-refractivity contribution >= 4 is 21.4 Å². The summed E-state index contributed by atoms with van der Waals surface area (Å²) in [4.78, 5) is 18.7. The largest absolute Gasteiger partial charge is 0.459 e. The van der Waals surface area contributed by atoms with Gasteiger partial charge in [0.2, 0.25) is 0 Å². The van der Waals surface area contributed by atoms with Crippen LogP contribution in [0.5, 0.6) is 0 Å². The Morgan fingerprint density at radius 2 is 1.66 bits per heavy atom. The van der Waals surface area contributed by atoms with Crippen LogP contribution >= 0.6 is 0 Å². The molecule has 4 aliphatic rings. The minimum Gasteiger partial charge on any atom is -0.459 e. The number of aliphatic hydroxyl groups excluding tert-OH is 1. The standard InChI is InChI=1S/C56H96FN5O13S/c1-16-46-56(10,66)51(63)39(7)62(13)32-34(2)27-55(9,65)52(37(5)49(38(6)53(64)73-46)74-48-29-54(8,70-15)28-36(4)72-48)75-47-26-44(25-35(3)71-47)61(12)23-21-43(60-58-11)31-59-45(30-57)50(69-14)41-19-17-40(18-20-41)42-22-24-76(67,68)33-42/h17-20,22,31,34-39,44-52,58-60,63,65-66H,16,21,23-30,32-33H2,1-15H3/b43-31-/t34-,35-,36+,37+,38-,39-,44+,45-,46-,47+,48+,49?,50-,51-,52-,54+,55-,56-/m1/s1. The van der Waals surface area contributed by atoms with Crippen LogP contribution in [0.2, 0.25) is 0 Å². The molecule has 5 rings (SSSR count). The summed E-state index contributed by atoms with van der Waals surface area (Å²) in [5.74, 6) is -2.36. The zero-order valence-electron chi connectivity index (χ0n) is 48.2. The molecule has 4 aliphatic heterocycles. The van der Waals surface area contributed by atoms with Crippen LogP contribution in [0.4, 0.5) is 4.39 Å². The molecule has 0 amide bonds. The van der Waals surface area contributed by atoms with Crippen LogP contribution in [0, 0.1) is 17.8 Å². The van der Waals surface area contributed by atoms with Crippen molar-refractivity contribution in [2.45, 2.75) is 204 Å². The van der Waals surface area contributed by atoms with Gasteiger partial charge in [0.25, 0.3) is 0 Å². The summed E-state index contributed by atoms with van der Waals surface area (Å²) < 4.78 is 83.9. The van der Waals surface area contributed by atoms with E-state index in [1.807, 2.05) is 84.8 Å². The lowest BCUT2D eigenvalue weighted by Gasteiger charge is -2.47. The summed E-state index contributed by atoms with van der Waals surface area (Å²) in [5.41, 5.74) is 5.42. The van der Waals surface area contributed by atoms with Crippen LogP contribution in [-0.2, 0) is 47.8 Å². The number of carbonyl (C=O) groups is 1. The predicted octanol–water partition coefficient (Wildman–Crippen LogP) is 5.41. The van der Waals surface area contributed by atoms with E-state index in [1.54, 1.807) is 47.2 Å². The summed E-state index contributed by atoms with van der Waals surface area (Å²) >= 11 is 0. The Balaban J connectivity index is 1.38. The highest BCUT2D eigenvalue weighted by Crippen LogP contribution is 2.40. The van der Waals surface area contributed by atoms with Crippen molar-refractivity contribution in [1.82, 2.24) is 26.0 Å². The first-order valence-corrected chi connectivity index (χ1v) is 29.3. The third-order valence-corrected chi connectivity index (χ3v) is 18.0. The van der Waals surface area contributed by atoms with E-state index < -0.39 is 106 Å². The van der Waals surface area contributed by atoms with Gasteiger partial charge in [-0.2, -0.15) is 0 Å². The fourth-order valence-electron chi connectivity index (χ4n) is 12.1. The first-order chi connectivity index (χ1) is 35.6. The van der Waals surface area contributed by atoms with Crippen LogP contribution in [0.1, 0.15) is 131 Å². The fourth-order valence-corrected chi connectivity index (χ4v) is 13.4. The average Bonchev–Trinajstić information content (AvgIpc) is 3.73. The zero-order chi connectivity index (χ0) is 56.5. The number of ether oxygens (including phenoxy) is 7. The number of sulfone groups is 1. The van der Waals surface area contributed by atoms with E-state index >= 15 is 0 Å². The Hall–Kier alpha value is -2.83. The van der Waals surface area contributed by atoms with Gasteiger partial charge in [0.05, 0.1) is 59.1 Å². The average molecular weight is 1100 g/mol. The van der Waals surface area contributed by atoms with Gasteiger partial charge < -0.3 is 69.0 Å². The molecule has 1 aromatic rings. The van der Waals surface area contributed by atoms with Gasteiger partial charge in [-0.15, -0.1) is 0 Å². The van der Waals surface area contributed by atoms with Crippen molar-refractivity contribution in [3.05, 3.63) is 53.4 Å². The maximum atomic E-state index is 14.8. The highest BCUT2D eigenvalue weighted by atomic mass is 32.2. The van der Waals surface area contributed by atoms with Gasteiger partial charge in [-0.05, 0) is 104 Å². The Kier molecular flexibility index (Phi) is 23.2. The Morgan fingerprint density at radius 1 is 0.987 bits per heavy atom. The molecule has 1 aromatic carbocycles. The number of carbonyl (C=O) groups excluding carboxylic acids is 1. The van der Waals surface area contributed by atoms with E-state index in [4.69, 9.17) is 33.2 Å². The molecule has 0 spiro atoms. The summed E-state index contributed by atoms with van der Waals surface area (Å²) in [6, 6.07) is 6.10. The number of cyclic esters (lactones) is 1. The second-order valence-corrected chi connectivity index (χ2v) is 25.5. The zero-order valence-corrected chi connectivity index (χ0v) is 49.0. The number of methoxy groups -OCH3 is 2. The van der Waals surface area contributed by atoms with Gasteiger partial charge in [0.15, 0.2) is 22.4 Å². The lowest BCUT2D eigenvalue weighted by atomic mass is 9.77. The predicted molar refractivity (Wildman–Crippen MR) is 291 cm³/mol. The molecule has 1 unspecified atom stereocenters. The number of nitrogens with one attached hydrogen (secondary N) is 3. The van der Waals surface area contributed by atoms with E-state index in [1.165, 1.54) is 14.0 Å². The van der Waals surface area contributed by atoms with Crippen LogP contribution in [0.25, 0.3) is 5.57 Å². The van der Waals surface area contributed by atoms with E-state index in [-0.39, 0.29) is 48.5 Å². The molecule has 18 atom stereocenters. The van der Waals surface area contributed by atoms with Gasteiger partial charge in [-0.3, -0.25) is 4.79 Å². The monoisotopic (exact) mass is 1100 g/mol. The molecular weight excluding hydrogens is 1000 g/mol. The minimum atomic E-state index is -3.13. The second-order valence-electron chi connectivity index (χ2n) is 23.4. The summed E-state index contributed by atoms with van der Waals surface area (Å²) in [7, 11) is 5.75. The number of esters is 1. The smallest absolute Gasteiger partial charge is 0.311 e. The van der Waals surface area contributed by atoms with Crippen LogP contribution in [-0.4, -0.2) is 190 Å². The lowest BCUT2D eigenvalue weighted by molar-refractivity contribution is -0.292. The highest BCUT2D eigenvalue weighted by Gasteiger charge is 2.51. The van der Waals surface area contributed by atoms with Gasteiger partial charge >= 0.3 is 5.97 Å². The van der Waals surface area contributed by atoms with Gasteiger partial charge in [-0.25, -0.2) is 18.2 Å². The molecule has 436 valence electrons. The molecule has 6 N–H and O–H groups in total. The number of hydrogen-bond acceptors (Lipinski definition) is 18. The van der Waals surface area contributed by atoms with Crippen molar-refractivity contribution in [3.63, 3.8) is 0 Å². The molecule has 20 heteroatoms. The van der Waals surface area contributed by atoms with E-state index in [0.717, 1.165) is 22.4 Å². The third-order valence-electron chi connectivity index (χ3n) is 16.6. The molecule has 4 heterocycles. The summed E-state index contributed by atoms with van der Waals surface area (Å²) in [6.07, 6.45) is -0.122. The Bertz CT molecular complexity index is 2170. The van der Waals surface area contributed by atoms with Crippen LogP contribution < -0.4 is 16.2 Å². The van der Waals surface area contributed by atoms with Crippen LogP contribution in [0.15, 0.2) is 42.2 Å². The lowest BCUT2D eigenvalue weighted by Crippen LogP contribution is -2.59. The van der Waals surface area contributed by atoms with Crippen molar-refractivity contribution in [2.24, 2.45) is 17.8 Å². The van der Waals surface area contributed by atoms with Gasteiger partial charge in [0.1, 0.15) is 30.6 Å². The van der Waals surface area contributed by atoms with Crippen molar-refractivity contribution in [3.8, 4) is 0 Å². The molecular formula is C56H96FN5O13S. The molecule has 0 aliphatic carbocycles. The van der Waals surface area contributed by atoms with Gasteiger partial charge in [0, 0.05) is 89.9 Å². The quantitative estimate of drug-likeness (QED) is 0.0754. The first kappa shape index (κ1) is 64.0. The third kappa shape index (κ3) is 16.6. The molecule has 0 aromatic heterocycles. The Morgan fingerprint density at radius 3 is 2.25 bits per heavy atom. The minimum absolute atomic E-state index is 0.00157. The summed E-state index contributed by atoms with van der Waals surface area (Å²) in [5, 5.41) is 39.7. The number of alkyl halides is 1. The van der Waals surface area contributed by atoms with E-state index in [0.29, 0.717) is 45.2 Å². The van der Waals surface area contributed by atoms with E-state index in [2.05, 4.69) is 21.1 Å². The van der Waals surface area contributed by atoms with Crippen molar-refractivity contribution < 1.29 is 66.1 Å². The molecule has 18 nitrogen and oxygen atoms in total. The first-order valence-electron chi connectivity index (χ1n) is 27.5. The van der Waals surface area contributed by atoms with Crippen molar-refractivity contribution in [2.75, 3.05) is 66.6 Å². The number of halogens is 1. The second kappa shape index (κ2) is 27.6. The number of aliphatic hydroxyl groups is 3. The van der Waals surface area contributed by atoms with Crippen molar-refractivity contribution in [1.29, 1.82) is 0 Å². The molecule has 3 fully saturated rings. The molecule has 76 heavy (non-hydrogen) atoms. The number of nitrogens with zero attached hydrogens (tertiary/aromatic N) is 2.